The van der Waals surface area contributed by atoms with Crippen LogP contribution in [0.15, 0.2) is 0 Å². The van der Waals surface area contributed by atoms with Crippen molar-refractivity contribution in [2.45, 2.75) is 6.42 Å². The molecule has 4 nitrogen and oxygen atoms in total. The van der Waals surface area contributed by atoms with E-state index in [0.717, 1.165) is 0 Å². The zero-order valence-electron chi connectivity index (χ0n) is 7.82. The van der Waals surface area contributed by atoms with Gasteiger partial charge in [0.15, 0.2) is 0 Å². The summed E-state index contributed by atoms with van der Waals surface area (Å²) in [6.07, 6.45) is 5.24. The summed E-state index contributed by atoms with van der Waals surface area (Å²) in [6.45, 7) is 2.19. The Labute approximate surface area is 78.5 Å². The van der Waals surface area contributed by atoms with Crippen LogP contribution >= 0.6 is 0 Å². The van der Waals surface area contributed by atoms with Gasteiger partial charge in [0.2, 0.25) is 0 Å². The smallest absolute Gasteiger partial charge is 0.304 e. The highest BCUT2D eigenvalue weighted by Crippen LogP contribution is 1.91. The van der Waals surface area contributed by atoms with Gasteiger partial charge in [0.05, 0.1) is 19.6 Å². The molecule has 0 aliphatic carbocycles. The molecule has 0 radical (unpaired) electrons. The maximum absolute atomic E-state index is 10.3. The first kappa shape index (κ1) is 11.9. The first-order valence-electron chi connectivity index (χ1n) is 4.07. The van der Waals surface area contributed by atoms with Gasteiger partial charge in [-0.3, -0.25) is 9.69 Å². The molecule has 0 aliphatic heterocycles. The van der Waals surface area contributed by atoms with Crippen LogP contribution in [0.5, 0.6) is 0 Å². The van der Waals surface area contributed by atoms with E-state index in [2.05, 4.69) is 5.92 Å². The topological polar surface area (TPSA) is 49.8 Å². The standard InChI is InChI=1S/C9H15NO3/c1-3-5-10(7-8-13-2)6-4-9(11)12/h1H,4-8H2,2H3,(H,11,12). The largest absolute Gasteiger partial charge is 0.481 e. The van der Waals surface area contributed by atoms with Gasteiger partial charge >= 0.3 is 5.97 Å². The highest BCUT2D eigenvalue weighted by Gasteiger charge is 2.05. The third-order valence-corrected chi connectivity index (χ3v) is 1.57. The molecule has 0 bridgehead atoms. The third kappa shape index (κ3) is 7.32. The van der Waals surface area contributed by atoms with Gasteiger partial charge in [0, 0.05) is 20.2 Å². The van der Waals surface area contributed by atoms with Crippen LogP contribution in [-0.2, 0) is 9.53 Å². The quantitative estimate of drug-likeness (QED) is 0.569. The second-order valence-corrected chi connectivity index (χ2v) is 2.62. The van der Waals surface area contributed by atoms with Crippen LogP contribution in [-0.4, -0.2) is 49.3 Å². The van der Waals surface area contributed by atoms with E-state index in [1.807, 2.05) is 4.90 Å². The van der Waals surface area contributed by atoms with Gasteiger partial charge in [0.1, 0.15) is 0 Å². The number of carbonyl (C=O) groups is 1. The summed E-state index contributed by atoms with van der Waals surface area (Å²) in [7, 11) is 1.60. The molecular weight excluding hydrogens is 170 g/mol. The predicted molar refractivity (Wildman–Crippen MR) is 49.4 cm³/mol. The van der Waals surface area contributed by atoms with Gasteiger partial charge in [-0.2, -0.15) is 0 Å². The first-order chi connectivity index (χ1) is 6.20. The van der Waals surface area contributed by atoms with Crippen molar-refractivity contribution in [3.05, 3.63) is 0 Å². The number of hydrogen-bond acceptors (Lipinski definition) is 3. The number of aliphatic carboxylic acids is 1. The summed E-state index contributed by atoms with van der Waals surface area (Å²) < 4.78 is 4.87. The molecule has 4 heteroatoms. The molecule has 0 unspecified atom stereocenters. The molecule has 0 amide bonds. The minimum Gasteiger partial charge on any atom is -0.481 e. The Bertz CT molecular complexity index is 186. The van der Waals surface area contributed by atoms with E-state index in [-0.39, 0.29) is 6.42 Å². The lowest BCUT2D eigenvalue weighted by Crippen LogP contribution is -2.30. The van der Waals surface area contributed by atoms with Crippen molar-refractivity contribution < 1.29 is 14.6 Å². The minimum absolute atomic E-state index is 0.116. The maximum atomic E-state index is 10.3. The number of hydrogen-bond donors (Lipinski definition) is 1. The first-order valence-corrected chi connectivity index (χ1v) is 4.07. The molecule has 0 spiro atoms. The molecule has 0 saturated heterocycles. The minimum atomic E-state index is -0.806. The highest BCUT2D eigenvalue weighted by atomic mass is 16.5. The number of nitrogens with zero attached hydrogens (tertiary/aromatic N) is 1. The Balaban J connectivity index is 3.67. The zero-order valence-corrected chi connectivity index (χ0v) is 7.82. The molecule has 0 aromatic carbocycles. The number of terminal acetylenes is 1. The molecule has 0 aliphatic rings. The van der Waals surface area contributed by atoms with E-state index in [0.29, 0.717) is 26.2 Å². The summed E-state index contributed by atoms with van der Waals surface area (Å²) in [5.41, 5.74) is 0. The highest BCUT2D eigenvalue weighted by molar-refractivity contribution is 5.66. The molecule has 0 aromatic heterocycles. The van der Waals surface area contributed by atoms with Crippen LogP contribution in [0.1, 0.15) is 6.42 Å². The van der Waals surface area contributed by atoms with Crippen molar-refractivity contribution in [2.24, 2.45) is 0 Å². The van der Waals surface area contributed by atoms with Crippen molar-refractivity contribution in [2.75, 3.05) is 33.4 Å². The van der Waals surface area contributed by atoms with Crippen molar-refractivity contribution in [3.63, 3.8) is 0 Å². The molecule has 0 fully saturated rings. The molecule has 74 valence electrons. The summed E-state index contributed by atoms with van der Waals surface area (Å²) in [5, 5.41) is 8.45. The molecule has 0 aromatic rings. The Morgan fingerprint density at radius 1 is 1.62 bits per heavy atom. The van der Waals surface area contributed by atoms with Gasteiger partial charge in [-0.05, 0) is 0 Å². The van der Waals surface area contributed by atoms with Crippen molar-refractivity contribution in [1.29, 1.82) is 0 Å². The van der Waals surface area contributed by atoms with Crippen LogP contribution in [0.4, 0.5) is 0 Å². The van der Waals surface area contributed by atoms with E-state index in [1.54, 1.807) is 7.11 Å². The lowest BCUT2D eigenvalue weighted by atomic mass is 10.3. The number of methoxy groups -OCH3 is 1. The lowest BCUT2D eigenvalue weighted by Gasteiger charge is -2.17. The van der Waals surface area contributed by atoms with Crippen molar-refractivity contribution >= 4 is 5.97 Å². The summed E-state index contributed by atoms with van der Waals surface area (Å²) in [6, 6.07) is 0. The zero-order chi connectivity index (χ0) is 10.1. The fourth-order valence-electron chi connectivity index (χ4n) is 0.873. The molecular formula is C9H15NO3. The average molecular weight is 185 g/mol. The van der Waals surface area contributed by atoms with E-state index in [1.165, 1.54) is 0 Å². The molecule has 1 N–H and O–H groups in total. The fourth-order valence-corrected chi connectivity index (χ4v) is 0.873. The van der Waals surface area contributed by atoms with Gasteiger partial charge in [-0.15, -0.1) is 6.42 Å². The van der Waals surface area contributed by atoms with Crippen LogP contribution in [0, 0.1) is 12.3 Å². The van der Waals surface area contributed by atoms with E-state index >= 15 is 0 Å². The van der Waals surface area contributed by atoms with Crippen molar-refractivity contribution in [3.8, 4) is 12.3 Å². The Morgan fingerprint density at radius 2 is 2.31 bits per heavy atom. The monoisotopic (exact) mass is 185 g/mol. The van der Waals surface area contributed by atoms with Crippen LogP contribution in [0.2, 0.25) is 0 Å². The van der Waals surface area contributed by atoms with E-state index in [9.17, 15) is 4.79 Å². The van der Waals surface area contributed by atoms with Crippen LogP contribution in [0.3, 0.4) is 0 Å². The average Bonchev–Trinajstić information content (AvgIpc) is 2.09. The normalized spacial score (nSPS) is 9.92. The Kier molecular flexibility index (Phi) is 6.98. The molecule has 0 saturated carbocycles. The van der Waals surface area contributed by atoms with Gasteiger partial charge < -0.3 is 9.84 Å². The van der Waals surface area contributed by atoms with E-state index in [4.69, 9.17) is 16.3 Å². The summed E-state index contributed by atoms with van der Waals surface area (Å²) >= 11 is 0. The SMILES string of the molecule is C#CCN(CCOC)CCC(=O)O. The number of ether oxygens (including phenoxy) is 1. The molecule has 0 atom stereocenters. The summed E-state index contributed by atoms with van der Waals surface area (Å²) in [5.74, 6) is 1.67. The van der Waals surface area contributed by atoms with Gasteiger partial charge in [0.25, 0.3) is 0 Å². The number of carboxylic acids is 1. The maximum Gasteiger partial charge on any atom is 0.304 e. The van der Waals surface area contributed by atoms with E-state index < -0.39 is 5.97 Å². The lowest BCUT2D eigenvalue weighted by molar-refractivity contribution is -0.137. The molecule has 0 heterocycles. The third-order valence-electron chi connectivity index (χ3n) is 1.57. The Morgan fingerprint density at radius 3 is 2.77 bits per heavy atom. The van der Waals surface area contributed by atoms with Crippen molar-refractivity contribution in [1.82, 2.24) is 4.90 Å². The molecule has 13 heavy (non-hydrogen) atoms. The van der Waals surface area contributed by atoms with Crippen LogP contribution in [0.25, 0.3) is 0 Å². The second-order valence-electron chi connectivity index (χ2n) is 2.62. The summed E-state index contributed by atoms with van der Waals surface area (Å²) in [4.78, 5) is 12.1. The second kappa shape index (κ2) is 7.59. The number of rotatable bonds is 7. The fraction of sp³-hybridized carbons (Fsp3) is 0.667. The molecule has 0 rings (SSSR count). The van der Waals surface area contributed by atoms with Crippen LogP contribution < -0.4 is 0 Å². The van der Waals surface area contributed by atoms with Gasteiger partial charge in [-0.25, -0.2) is 0 Å². The number of carboxylic acid groups (broad SMARTS) is 1. The van der Waals surface area contributed by atoms with Gasteiger partial charge in [-0.1, -0.05) is 5.92 Å². The Hall–Kier alpha value is -1.05. The predicted octanol–water partition coefficient (Wildman–Crippen LogP) is 0.0427.